The molecule has 0 aliphatic carbocycles. The number of halogens is 4. The molecule has 0 radical (unpaired) electrons. The summed E-state index contributed by atoms with van der Waals surface area (Å²) in [6, 6.07) is 2.57. The second kappa shape index (κ2) is 6.02. The number of hydroxylamine groups is 1. The largest absolute Gasteiger partial charge is 0.416 e. The van der Waals surface area contributed by atoms with Gasteiger partial charge in [0.15, 0.2) is 6.61 Å². The number of hydrogen-bond donors (Lipinski definition) is 2. The zero-order chi connectivity index (χ0) is 14.6. The smallest absolute Gasteiger partial charge is 0.368 e. The Bertz CT molecular complexity index is 505. The van der Waals surface area contributed by atoms with Crippen LogP contribution in [0.15, 0.2) is 22.7 Å². The van der Waals surface area contributed by atoms with Crippen LogP contribution >= 0.6 is 15.9 Å². The van der Waals surface area contributed by atoms with Gasteiger partial charge in [0.2, 0.25) is 5.91 Å². The Hall–Kier alpha value is -1.61. The summed E-state index contributed by atoms with van der Waals surface area (Å²) in [7, 11) is 0. The van der Waals surface area contributed by atoms with Crippen molar-refractivity contribution < 1.29 is 27.6 Å². The number of carbonyl (C=O) groups is 2. The summed E-state index contributed by atoms with van der Waals surface area (Å²) in [6.45, 7) is -0.581. The van der Waals surface area contributed by atoms with E-state index in [1.54, 1.807) is 0 Å². The van der Waals surface area contributed by atoms with Gasteiger partial charge in [-0.3, -0.25) is 14.4 Å². The number of nitrogens with one attached hydrogen (secondary N) is 1. The zero-order valence-corrected chi connectivity index (χ0v) is 10.8. The summed E-state index contributed by atoms with van der Waals surface area (Å²) in [4.78, 5) is 26.3. The van der Waals surface area contributed by atoms with Gasteiger partial charge in [-0.2, -0.15) is 13.2 Å². The third kappa shape index (κ3) is 4.52. The Kier molecular flexibility index (Phi) is 4.90. The van der Waals surface area contributed by atoms with E-state index in [4.69, 9.17) is 5.73 Å². The average Bonchev–Trinajstić information content (AvgIpc) is 2.27. The highest BCUT2D eigenvalue weighted by atomic mass is 79.9. The second-order valence-corrected chi connectivity index (χ2v) is 4.23. The minimum absolute atomic E-state index is 0.153. The summed E-state index contributed by atoms with van der Waals surface area (Å²) in [5.74, 6) is -1.76. The lowest BCUT2D eigenvalue weighted by Crippen LogP contribution is -2.29. The molecule has 1 aromatic rings. The van der Waals surface area contributed by atoms with Gasteiger partial charge in [-0.05, 0) is 34.1 Å². The van der Waals surface area contributed by atoms with Crippen molar-refractivity contribution in [3.8, 4) is 0 Å². The van der Waals surface area contributed by atoms with Gasteiger partial charge < -0.3 is 5.73 Å². The fourth-order valence-corrected chi connectivity index (χ4v) is 1.53. The van der Waals surface area contributed by atoms with E-state index in [1.165, 1.54) is 0 Å². The monoisotopic (exact) mass is 340 g/mol. The molecule has 0 spiro atoms. The lowest BCUT2D eigenvalue weighted by molar-refractivity contribution is -0.137. The number of carbonyl (C=O) groups excluding carboxylic acids is 2. The van der Waals surface area contributed by atoms with Crippen LogP contribution in [0.4, 0.5) is 13.2 Å². The highest BCUT2D eigenvalue weighted by Crippen LogP contribution is 2.31. The fraction of sp³-hybridized carbons (Fsp3) is 0.200. The molecule has 0 unspecified atom stereocenters. The van der Waals surface area contributed by atoms with Gasteiger partial charge in [0, 0.05) is 4.47 Å². The summed E-state index contributed by atoms with van der Waals surface area (Å²) in [5, 5.41) is 0. The van der Waals surface area contributed by atoms with E-state index in [1.807, 2.05) is 5.48 Å². The Morgan fingerprint density at radius 2 is 2.00 bits per heavy atom. The third-order valence-electron chi connectivity index (χ3n) is 1.92. The second-order valence-electron chi connectivity index (χ2n) is 3.38. The van der Waals surface area contributed by atoms with E-state index >= 15 is 0 Å². The average molecular weight is 341 g/mol. The zero-order valence-electron chi connectivity index (χ0n) is 9.25. The maximum Gasteiger partial charge on any atom is 0.416 e. The van der Waals surface area contributed by atoms with Gasteiger partial charge in [0.1, 0.15) is 0 Å². The van der Waals surface area contributed by atoms with Crippen LogP contribution in [0.2, 0.25) is 0 Å². The molecule has 0 heterocycles. The predicted molar refractivity (Wildman–Crippen MR) is 61.8 cm³/mol. The van der Waals surface area contributed by atoms with E-state index in [-0.39, 0.29) is 10.0 Å². The molecule has 0 saturated carbocycles. The first-order valence-corrected chi connectivity index (χ1v) is 5.58. The van der Waals surface area contributed by atoms with E-state index < -0.39 is 30.2 Å². The predicted octanol–water partition coefficient (Wildman–Crippen LogP) is 1.61. The van der Waals surface area contributed by atoms with Gasteiger partial charge in [-0.15, -0.1) is 0 Å². The minimum Gasteiger partial charge on any atom is -0.368 e. The molecule has 104 valence electrons. The van der Waals surface area contributed by atoms with Gasteiger partial charge in [-0.1, -0.05) is 0 Å². The van der Waals surface area contributed by atoms with Crippen molar-refractivity contribution in [3.63, 3.8) is 0 Å². The van der Waals surface area contributed by atoms with Crippen molar-refractivity contribution in [1.29, 1.82) is 0 Å². The first kappa shape index (κ1) is 15.4. The normalized spacial score (nSPS) is 11.2. The van der Waals surface area contributed by atoms with Crippen LogP contribution in [0.25, 0.3) is 0 Å². The number of amides is 2. The molecule has 0 bridgehead atoms. The van der Waals surface area contributed by atoms with Crippen LogP contribution in [0, 0.1) is 0 Å². The molecule has 0 aliphatic rings. The van der Waals surface area contributed by atoms with Crippen LogP contribution in [0.3, 0.4) is 0 Å². The van der Waals surface area contributed by atoms with Crippen LogP contribution < -0.4 is 11.2 Å². The lowest BCUT2D eigenvalue weighted by Gasteiger charge is -2.10. The first-order chi connectivity index (χ1) is 8.71. The standard InChI is InChI=1S/C10H8BrF3N2O3/c11-7-2-1-5(10(12,13)14)3-6(7)9(18)16-19-4-8(15)17/h1-3H,4H2,(H2,15,17)(H,16,18). The van der Waals surface area contributed by atoms with Crippen molar-refractivity contribution in [1.82, 2.24) is 5.48 Å². The molecular formula is C10H8BrF3N2O3. The van der Waals surface area contributed by atoms with Gasteiger partial charge in [0.25, 0.3) is 5.91 Å². The van der Waals surface area contributed by atoms with Crippen molar-refractivity contribution >= 4 is 27.7 Å². The third-order valence-corrected chi connectivity index (χ3v) is 2.61. The maximum atomic E-state index is 12.5. The molecule has 19 heavy (non-hydrogen) atoms. The van der Waals surface area contributed by atoms with Crippen molar-refractivity contribution in [2.75, 3.05) is 6.61 Å². The van der Waals surface area contributed by atoms with Crippen LogP contribution in [-0.2, 0) is 15.8 Å². The molecule has 5 nitrogen and oxygen atoms in total. The Morgan fingerprint density at radius 3 is 2.53 bits per heavy atom. The van der Waals surface area contributed by atoms with Crippen molar-refractivity contribution in [2.24, 2.45) is 5.73 Å². The van der Waals surface area contributed by atoms with Gasteiger partial charge in [0.05, 0.1) is 11.1 Å². The van der Waals surface area contributed by atoms with Gasteiger partial charge >= 0.3 is 6.18 Å². The summed E-state index contributed by atoms with van der Waals surface area (Å²) >= 11 is 2.94. The molecule has 3 N–H and O–H groups in total. The number of alkyl halides is 3. The first-order valence-electron chi connectivity index (χ1n) is 4.79. The van der Waals surface area contributed by atoms with E-state index in [2.05, 4.69) is 20.8 Å². The highest BCUT2D eigenvalue weighted by Gasteiger charge is 2.31. The van der Waals surface area contributed by atoms with E-state index in [9.17, 15) is 22.8 Å². The number of hydrogen-bond acceptors (Lipinski definition) is 3. The molecule has 0 aliphatic heterocycles. The minimum atomic E-state index is -4.57. The Balaban J connectivity index is 2.87. The SMILES string of the molecule is NC(=O)CONC(=O)c1cc(C(F)(F)F)ccc1Br. The van der Waals surface area contributed by atoms with Crippen LogP contribution in [-0.4, -0.2) is 18.4 Å². The van der Waals surface area contributed by atoms with Crippen LogP contribution in [0.5, 0.6) is 0 Å². The van der Waals surface area contributed by atoms with Crippen LogP contribution in [0.1, 0.15) is 15.9 Å². The number of nitrogens with two attached hydrogens (primary N) is 1. The highest BCUT2D eigenvalue weighted by molar-refractivity contribution is 9.10. The molecule has 0 saturated heterocycles. The van der Waals surface area contributed by atoms with Crippen molar-refractivity contribution in [2.45, 2.75) is 6.18 Å². The Labute approximate surface area is 114 Å². The number of rotatable bonds is 4. The molecule has 1 aromatic carbocycles. The number of benzene rings is 1. The van der Waals surface area contributed by atoms with Crippen molar-refractivity contribution in [3.05, 3.63) is 33.8 Å². The molecule has 1 rings (SSSR count). The van der Waals surface area contributed by atoms with E-state index in [0.29, 0.717) is 6.07 Å². The number of primary amides is 1. The topological polar surface area (TPSA) is 81.4 Å². The van der Waals surface area contributed by atoms with E-state index in [0.717, 1.165) is 12.1 Å². The molecular weight excluding hydrogens is 333 g/mol. The molecule has 0 aromatic heterocycles. The summed E-state index contributed by atoms with van der Waals surface area (Å²) < 4.78 is 37.6. The summed E-state index contributed by atoms with van der Waals surface area (Å²) in [6.07, 6.45) is -4.57. The molecule has 0 fully saturated rings. The fourth-order valence-electron chi connectivity index (χ4n) is 1.10. The van der Waals surface area contributed by atoms with Gasteiger partial charge in [-0.25, -0.2) is 5.48 Å². The quantitative estimate of drug-likeness (QED) is 0.817. The Morgan fingerprint density at radius 1 is 1.37 bits per heavy atom. The lowest BCUT2D eigenvalue weighted by atomic mass is 10.1. The maximum absolute atomic E-state index is 12.5. The summed E-state index contributed by atoms with van der Waals surface area (Å²) in [5.41, 5.74) is 5.31. The molecule has 9 heteroatoms. The molecule has 2 amide bonds. The molecule has 0 atom stereocenters.